The highest BCUT2D eigenvalue weighted by atomic mass is 16.6. The lowest BCUT2D eigenvalue weighted by atomic mass is 9.83. The number of nitrogens with zero attached hydrogens (tertiary/aromatic N) is 3. The first kappa shape index (κ1) is 21.2. The summed E-state index contributed by atoms with van der Waals surface area (Å²) in [7, 11) is 0. The molecular weight excluding hydrogens is 410 g/mol. The molecule has 32 heavy (non-hydrogen) atoms. The van der Waals surface area contributed by atoms with Gasteiger partial charge in [0.15, 0.2) is 0 Å². The number of esters is 2. The minimum Gasteiger partial charge on any atom is -0.386 e. The second-order valence-corrected chi connectivity index (χ2v) is 7.87. The highest BCUT2D eigenvalue weighted by molar-refractivity contribution is 6.32. The van der Waals surface area contributed by atoms with Crippen molar-refractivity contribution in [3.05, 3.63) is 45.5 Å². The number of benzene rings is 2. The van der Waals surface area contributed by atoms with Crippen LogP contribution < -0.4 is 0 Å². The van der Waals surface area contributed by atoms with Crippen LogP contribution in [-0.4, -0.2) is 35.2 Å². The lowest BCUT2D eigenvalue weighted by Crippen LogP contribution is -2.42. The van der Waals surface area contributed by atoms with E-state index < -0.39 is 23.8 Å². The molecule has 8 nitrogen and oxygen atoms in total. The van der Waals surface area contributed by atoms with E-state index in [1.807, 2.05) is 12.1 Å². The smallest absolute Gasteiger partial charge is 0.348 e. The molecule has 2 aliphatic rings. The molecule has 0 saturated heterocycles. The quantitative estimate of drug-likeness (QED) is 0.283. The van der Waals surface area contributed by atoms with E-state index in [0.29, 0.717) is 6.42 Å². The van der Waals surface area contributed by atoms with Crippen LogP contribution in [0.1, 0.15) is 98.0 Å². The molecule has 2 heterocycles. The van der Waals surface area contributed by atoms with Gasteiger partial charge in [-0.05, 0) is 18.6 Å². The maximum atomic E-state index is 13.3. The Bertz CT molecular complexity index is 1300. The summed E-state index contributed by atoms with van der Waals surface area (Å²) in [5.41, 5.74) is -0.484. The Labute approximate surface area is 184 Å². The zero-order valence-corrected chi connectivity index (χ0v) is 17.5. The van der Waals surface area contributed by atoms with E-state index in [1.165, 1.54) is 12.1 Å². The van der Waals surface area contributed by atoms with Crippen molar-refractivity contribution in [3.8, 4) is 12.1 Å². The summed E-state index contributed by atoms with van der Waals surface area (Å²) in [5, 5.41) is 19.3. The van der Waals surface area contributed by atoms with E-state index in [9.17, 15) is 29.7 Å². The maximum absolute atomic E-state index is 13.3. The molecule has 8 heteroatoms. The van der Waals surface area contributed by atoms with Gasteiger partial charge in [0.1, 0.15) is 12.1 Å². The number of hydrogen-bond donors (Lipinski definition) is 0. The van der Waals surface area contributed by atoms with E-state index in [2.05, 4.69) is 6.92 Å². The summed E-state index contributed by atoms with van der Waals surface area (Å²) in [6.45, 7) is 2.30. The third-order valence-corrected chi connectivity index (χ3v) is 5.92. The monoisotopic (exact) mass is 429 g/mol. The second-order valence-electron chi connectivity index (χ2n) is 7.87. The molecule has 0 N–H and O–H groups in total. The highest BCUT2D eigenvalue weighted by Crippen LogP contribution is 2.40. The highest BCUT2D eigenvalue weighted by Gasteiger charge is 2.41. The van der Waals surface area contributed by atoms with Crippen LogP contribution in [0.4, 0.5) is 0 Å². The van der Waals surface area contributed by atoms with Crippen molar-refractivity contribution in [1.29, 1.82) is 10.5 Å². The normalized spacial score (nSPS) is 14.4. The molecule has 2 amide bonds. The van der Waals surface area contributed by atoms with Crippen LogP contribution in [0.25, 0.3) is 10.8 Å². The number of imide groups is 1. The van der Waals surface area contributed by atoms with Crippen LogP contribution in [0.15, 0.2) is 12.1 Å². The van der Waals surface area contributed by atoms with Gasteiger partial charge in [-0.2, -0.15) is 10.5 Å². The van der Waals surface area contributed by atoms with Gasteiger partial charge in [-0.15, -0.1) is 0 Å². The summed E-state index contributed by atoms with van der Waals surface area (Å²) >= 11 is 0. The van der Waals surface area contributed by atoms with Crippen LogP contribution in [0.2, 0.25) is 0 Å². The zero-order chi connectivity index (χ0) is 23.0. The predicted octanol–water partition coefficient (Wildman–Crippen LogP) is 3.85. The van der Waals surface area contributed by atoms with Gasteiger partial charge in [-0.1, -0.05) is 39.0 Å². The Kier molecular flexibility index (Phi) is 5.46. The number of ether oxygens (including phenoxy) is 1. The van der Waals surface area contributed by atoms with Crippen molar-refractivity contribution >= 4 is 34.5 Å². The van der Waals surface area contributed by atoms with Gasteiger partial charge in [0.25, 0.3) is 11.8 Å². The molecule has 0 atom stereocenters. The molecule has 0 bridgehead atoms. The number of carbonyl (C=O) groups excluding carboxylic acids is 4. The fraction of sp³-hybridized carbons (Fsp3) is 0.333. The van der Waals surface area contributed by atoms with Gasteiger partial charge < -0.3 is 4.74 Å². The first-order chi connectivity index (χ1) is 15.4. The summed E-state index contributed by atoms with van der Waals surface area (Å²) in [4.78, 5) is 52.4. The molecule has 2 aromatic carbocycles. The molecule has 2 aromatic rings. The van der Waals surface area contributed by atoms with Gasteiger partial charge in [0.2, 0.25) is 0 Å². The lowest BCUT2D eigenvalue weighted by Gasteiger charge is -2.30. The van der Waals surface area contributed by atoms with Crippen molar-refractivity contribution in [3.63, 3.8) is 0 Å². The molecule has 0 fully saturated rings. The number of nitriles is 2. The number of rotatable bonds is 7. The average Bonchev–Trinajstić information content (AvgIpc) is 2.79. The number of cyclic esters (lactones) is 2. The minimum absolute atomic E-state index is 0.0233. The van der Waals surface area contributed by atoms with Gasteiger partial charge in [-0.3, -0.25) is 14.5 Å². The Morgan fingerprint density at radius 3 is 2.06 bits per heavy atom. The van der Waals surface area contributed by atoms with Crippen LogP contribution in [-0.2, 0) is 4.74 Å². The SMILES string of the molecule is CCCCCCCCN1C(=O)c2cc(C#N)c3c4c(cc(C#N)c(c24)C1=O)C(=O)OC3=O. The van der Waals surface area contributed by atoms with E-state index in [0.717, 1.165) is 37.0 Å². The maximum Gasteiger partial charge on any atom is 0.348 e. The van der Waals surface area contributed by atoms with Crippen molar-refractivity contribution in [1.82, 2.24) is 4.90 Å². The average molecular weight is 429 g/mol. The van der Waals surface area contributed by atoms with E-state index in [4.69, 9.17) is 4.74 Å². The van der Waals surface area contributed by atoms with E-state index in [1.54, 1.807) is 0 Å². The molecule has 0 unspecified atom stereocenters. The lowest BCUT2D eigenvalue weighted by molar-refractivity contribution is 0.0388. The Balaban J connectivity index is 1.86. The predicted molar refractivity (Wildman–Crippen MR) is 112 cm³/mol. The van der Waals surface area contributed by atoms with Crippen LogP contribution in [0.5, 0.6) is 0 Å². The van der Waals surface area contributed by atoms with Gasteiger partial charge in [0.05, 0.1) is 33.4 Å². The third kappa shape index (κ3) is 3.12. The van der Waals surface area contributed by atoms with Crippen molar-refractivity contribution in [2.24, 2.45) is 0 Å². The first-order valence-corrected chi connectivity index (χ1v) is 10.5. The van der Waals surface area contributed by atoms with Gasteiger partial charge >= 0.3 is 11.9 Å². The van der Waals surface area contributed by atoms with Gasteiger partial charge in [0, 0.05) is 17.3 Å². The fourth-order valence-electron chi connectivity index (χ4n) is 4.39. The molecule has 0 saturated carbocycles. The summed E-state index contributed by atoms with van der Waals surface area (Å²) in [5.74, 6) is -3.25. The number of carbonyl (C=O) groups is 4. The number of unbranched alkanes of at least 4 members (excludes halogenated alkanes) is 5. The van der Waals surface area contributed by atoms with Crippen LogP contribution in [0, 0.1) is 22.7 Å². The third-order valence-electron chi connectivity index (χ3n) is 5.92. The second kappa shape index (κ2) is 8.24. The molecule has 4 rings (SSSR count). The summed E-state index contributed by atoms with van der Waals surface area (Å²) < 4.78 is 4.73. The number of hydrogen-bond acceptors (Lipinski definition) is 7. The van der Waals surface area contributed by atoms with Crippen molar-refractivity contribution < 1.29 is 23.9 Å². The molecular formula is C24H19N3O5. The Hall–Kier alpha value is -4.04. The standard InChI is InChI=1S/C24H19N3O5/c1-2-3-4-5-6-7-8-27-21(28)15-9-14(12-26)18-20-16(23(30)32-24(18)31)10-13(11-25)17(19(15)20)22(27)29/h9-10H,2-8H2,1H3. The van der Waals surface area contributed by atoms with Crippen molar-refractivity contribution in [2.45, 2.75) is 45.4 Å². The van der Waals surface area contributed by atoms with E-state index in [-0.39, 0.29) is 50.7 Å². The molecule has 0 aliphatic carbocycles. The molecule has 0 radical (unpaired) electrons. The molecule has 0 spiro atoms. The largest absolute Gasteiger partial charge is 0.386 e. The Morgan fingerprint density at radius 2 is 1.38 bits per heavy atom. The first-order valence-electron chi connectivity index (χ1n) is 10.5. The summed E-state index contributed by atoms with van der Waals surface area (Å²) in [6.07, 6.45) is 5.79. The molecule has 160 valence electrons. The molecule has 0 aromatic heterocycles. The number of amides is 2. The van der Waals surface area contributed by atoms with Crippen LogP contribution >= 0.6 is 0 Å². The summed E-state index contributed by atoms with van der Waals surface area (Å²) in [6, 6.07) is 6.23. The molecule has 2 aliphatic heterocycles. The fourth-order valence-corrected chi connectivity index (χ4v) is 4.39. The van der Waals surface area contributed by atoms with Crippen LogP contribution in [0.3, 0.4) is 0 Å². The van der Waals surface area contributed by atoms with E-state index >= 15 is 0 Å². The van der Waals surface area contributed by atoms with Gasteiger partial charge in [-0.25, -0.2) is 9.59 Å². The topological polar surface area (TPSA) is 128 Å². The van der Waals surface area contributed by atoms with Crippen molar-refractivity contribution in [2.75, 3.05) is 6.54 Å². The minimum atomic E-state index is -1.02. The zero-order valence-electron chi connectivity index (χ0n) is 17.5. The Morgan fingerprint density at radius 1 is 0.781 bits per heavy atom.